The van der Waals surface area contributed by atoms with Gasteiger partial charge in [-0.1, -0.05) is 0 Å². The molecule has 23 heavy (non-hydrogen) atoms. The molecule has 0 aliphatic heterocycles. The minimum Gasteiger partial charge on any atom is -0.467 e. The van der Waals surface area contributed by atoms with Crippen LogP contribution in [0.4, 0.5) is 29.6 Å². The van der Waals surface area contributed by atoms with Crippen molar-refractivity contribution >= 4 is 17.7 Å². The average molecular weight is 327 g/mol. The van der Waals surface area contributed by atoms with E-state index in [1.807, 2.05) is 0 Å². The van der Waals surface area contributed by atoms with Crippen LogP contribution in [0.5, 0.6) is 6.01 Å². The fraction of sp³-hybridized carbons (Fsp3) is 0.231. The Morgan fingerprint density at radius 1 is 1.17 bits per heavy atom. The molecule has 1 heterocycles. The summed E-state index contributed by atoms with van der Waals surface area (Å²) in [5, 5.41) is 2.10. The van der Waals surface area contributed by atoms with Gasteiger partial charge in [0.15, 0.2) is 17.5 Å². The van der Waals surface area contributed by atoms with Gasteiger partial charge in [-0.2, -0.15) is 15.0 Å². The highest BCUT2D eigenvalue weighted by molar-refractivity contribution is 6.00. The van der Waals surface area contributed by atoms with E-state index in [9.17, 15) is 18.0 Å². The number of hydrogen-bond acceptors (Lipinski definition) is 5. The van der Waals surface area contributed by atoms with Crippen LogP contribution in [0.15, 0.2) is 12.1 Å². The minimum atomic E-state index is -1.68. The predicted octanol–water partition coefficient (Wildman–Crippen LogP) is 2.27. The first-order valence-corrected chi connectivity index (χ1v) is 6.28. The van der Waals surface area contributed by atoms with Gasteiger partial charge in [0, 0.05) is 7.05 Å². The molecule has 0 saturated heterocycles. The highest BCUT2D eigenvalue weighted by atomic mass is 19.2. The van der Waals surface area contributed by atoms with Crippen molar-refractivity contribution in [2.75, 3.05) is 24.4 Å². The fourth-order valence-corrected chi connectivity index (χ4v) is 1.60. The van der Waals surface area contributed by atoms with Crippen molar-refractivity contribution in [3.63, 3.8) is 0 Å². The molecule has 0 aliphatic rings. The third kappa shape index (κ3) is 3.47. The molecule has 0 unspecified atom stereocenters. The van der Waals surface area contributed by atoms with Gasteiger partial charge in [-0.3, -0.25) is 4.90 Å². The number of rotatable bonds is 3. The van der Waals surface area contributed by atoms with Crippen molar-refractivity contribution < 1.29 is 22.7 Å². The molecule has 1 aromatic carbocycles. The summed E-state index contributed by atoms with van der Waals surface area (Å²) in [6, 6.07) is 0.733. The molecule has 2 aromatic rings. The Morgan fingerprint density at radius 3 is 2.52 bits per heavy atom. The normalized spacial score (nSPS) is 10.3. The maximum Gasteiger partial charge on any atom is 0.328 e. The number of nitrogens with one attached hydrogen (secondary N) is 1. The van der Waals surface area contributed by atoms with Gasteiger partial charge < -0.3 is 10.1 Å². The molecule has 7 nitrogen and oxygen atoms in total. The van der Waals surface area contributed by atoms with E-state index in [0.29, 0.717) is 11.9 Å². The lowest BCUT2D eigenvalue weighted by Crippen LogP contribution is -2.33. The second-order valence-electron chi connectivity index (χ2n) is 4.38. The Morgan fingerprint density at radius 2 is 1.87 bits per heavy atom. The van der Waals surface area contributed by atoms with E-state index >= 15 is 0 Å². The van der Waals surface area contributed by atoms with Crippen molar-refractivity contribution in [3.05, 3.63) is 35.4 Å². The van der Waals surface area contributed by atoms with Crippen molar-refractivity contribution in [1.82, 2.24) is 15.0 Å². The van der Waals surface area contributed by atoms with Crippen LogP contribution < -0.4 is 15.0 Å². The lowest BCUT2D eigenvalue weighted by molar-refractivity contribution is 0.257. The number of carbonyl (C=O) groups excluding carboxylic acids is 1. The number of amides is 2. The Balaban J connectivity index is 2.24. The molecule has 0 aliphatic carbocycles. The van der Waals surface area contributed by atoms with E-state index in [1.165, 1.54) is 14.2 Å². The molecule has 0 fully saturated rings. The number of hydrogen-bond donors (Lipinski definition) is 1. The van der Waals surface area contributed by atoms with Crippen LogP contribution in [0.2, 0.25) is 0 Å². The standard InChI is InChI=1S/C13H12F3N5O2/c1-6-17-11(20-12(18-6)23-3)21(2)13(22)19-8-5-4-7(14)9(15)10(8)16/h4-5H,1-3H3,(H,19,22). The molecule has 0 saturated carbocycles. The molecule has 0 spiro atoms. The van der Waals surface area contributed by atoms with Crippen LogP contribution in [-0.4, -0.2) is 35.1 Å². The zero-order valence-electron chi connectivity index (χ0n) is 12.4. The maximum absolute atomic E-state index is 13.6. The average Bonchev–Trinajstić information content (AvgIpc) is 2.53. The summed E-state index contributed by atoms with van der Waals surface area (Å²) in [6.45, 7) is 1.56. The van der Waals surface area contributed by atoms with E-state index in [-0.39, 0.29) is 12.0 Å². The van der Waals surface area contributed by atoms with E-state index in [4.69, 9.17) is 4.74 Å². The third-order valence-electron chi connectivity index (χ3n) is 2.78. The second kappa shape index (κ2) is 6.46. The minimum absolute atomic E-state index is 0.00819. The number of aromatic nitrogens is 3. The molecule has 0 bridgehead atoms. The molecule has 10 heteroatoms. The number of anilines is 2. The van der Waals surface area contributed by atoms with E-state index < -0.39 is 29.2 Å². The summed E-state index contributed by atoms with van der Waals surface area (Å²) in [4.78, 5) is 24.7. The molecule has 2 amide bonds. The van der Waals surface area contributed by atoms with Crippen LogP contribution in [0.1, 0.15) is 5.82 Å². The number of benzene rings is 1. The fourth-order valence-electron chi connectivity index (χ4n) is 1.60. The Kier molecular flexibility index (Phi) is 4.63. The smallest absolute Gasteiger partial charge is 0.328 e. The summed E-state index contributed by atoms with van der Waals surface area (Å²) in [6.07, 6.45) is 0. The monoisotopic (exact) mass is 327 g/mol. The maximum atomic E-state index is 13.6. The highest BCUT2D eigenvalue weighted by Crippen LogP contribution is 2.20. The summed E-state index contributed by atoms with van der Waals surface area (Å²) in [5.74, 6) is -4.30. The Bertz CT molecular complexity index is 757. The van der Waals surface area contributed by atoms with Crippen LogP contribution >= 0.6 is 0 Å². The molecule has 1 aromatic heterocycles. The Labute approximate surface area is 129 Å². The predicted molar refractivity (Wildman–Crippen MR) is 74.9 cm³/mol. The van der Waals surface area contributed by atoms with Crippen molar-refractivity contribution in [2.45, 2.75) is 6.92 Å². The first kappa shape index (κ1) is 16.5. The van der Waals surface area contributed by atoms with E-state index in [1.54, 1.807) is 6.92 Å². The van der Waals surface area contributed by atoms with Gasteiger partial charge in [0.1, 0.15) is 5.82 Å². The first-order valence-electron chi connectivity index (χ1n) is 6.28. The number of ether oxygens (including phenoxy) is 1. The van der Waals surface area contributed by atoms with Gasteiger partial charge in [0.05, 0.1) is 12.8 Å². The highest BCUT2D eigenvalue weighted by Gasteiger charge is 2.20. The van der Waals surface area contributed by atoms with Crippen LogP contribution in [0.3, 0.4) is 0 Å². The molecular weight excluding hydrogens is 315 g/mol. The van der Waals surface area contributed by atoms with Crippen molar-refractivity contribution in [2.24, 2.45) is 0 Å². The van der Waals surface area contributed by atoms with Gasteiger partial charge in [-0.15, -0.1) is 0 Å². The van der Waals surface area contributed by atoms with Gasteiger partial charge in [-0.25, -0.2) is 18.0 Å². The summed E-state index contributed by atoms with van der Waals surface area (Å²) >= 11 is 0. The zero-order valence-corrected chi connectivity index (χ0v) is 12.4. The lowest BCUT2D eigenvalue weighted by atomic mass is 10.3. The third-order valence-corrected chi connectivity index (χ3v) is 2.78. The number of methoxy groups -OCH3 is 1. The van der Waals surface area contributed by atoms with Gasteiger partial charge in [0.2, 0.25) is 5.95 Å². The van der Waals surface area contributed by atoms with Crippen LogP contribution in [-0.2, 0) is 0 Å². The van der Waals surface area contributed by atoms with E-state index in [2.05, 4.69) is 20.3 Å². The topological polar surface area (TPSA) is 80.2 Å². The van der Waals surface area contributed by atoms with Crippen LogP contribution in [0, 0.1) is 24.4 Å². The number of halogens is 3. The zero-order chi connectivity index (χ0) is 17.1. The first-order chi connectivity index (χ1) is 10.8. The van der Waals surface area contributed by atoms with Crippen molar-refractivity contribution in [3.8, 4) is 6.01 Å². The number of carbonyl (C=O) groups is 1. The van der Waals surface area contributed by atoms with Crippen molar-refractivity contribution in [1.29, 1.82) is 0 Å². The summed E-state index contributed by atoms with van der Waals surface area (Å²) in [7, 11) is 2.65. The molecule has 2 rings (SSSR count). The number of nitrogens with zero attached hydrogens (tertiary/aromatic N) is 4. The lowest BCUT2D eigenvalue weighted by Gasteiger charge is -2.17. The Hall–Kier alpha value is -2.91. The summed E-state index contributed by atoms with van der Waals surface area (Å²) < 4.78 is 44.4. The quantitative estimate of drug-likeness (QED) is 0.875. The molecule has 0 atom stereocenters. The summed E-state index contributed by atoms with van der Waals surface area (Å²) in [5.41, 5.74) is -0.515. The SMILES string of the molecule is COc1nc(C)nc(N(C)C(=O)Nc2ccc(F)c(F)c2F)n1. The van der Waals surface area contributed by atoms with Crippen LogP contribution in [0.25, 0.3) is 0 Å². The number of urea groups is 1. The van der Waals surface area contributed by atoms with Gasteiger partial charge in [0.25, 0.3) is 0 Å². The van der Waals surface area contributed by atoms with Gasteiger partial charge in [-0.05, 0) is 19.1 Å². The molecular formula is C13H12F3N5O2. The largest absolute Gasteiger partial charge is 0.467 e. The molecule has 0 radical (unpaired) electrons. The second-order valence-corrected chi connectivity index (χ2v) is 4.38. The number of aryl methyl sites for hydroxylation is 1. The van der Waals surface area contributed by atoms with E-state index in [0.717, 1.165) is 11.0 Å². The molecule has 1 N–H and O–H groups in total. The van der Waals surface area contributed by atoms with Gasteiger partial charge >= 0.3 is 12.0 Å². The molecule has 122 valence electrons.